The van der Waals surface area contributed by atoms with Crippen LogP contribution in [0.1, 0.15) is 26.3 Å². The van der Waals surface area contributed by atoms with Gasteiger partial charge in [-0.25, -0.2) is 14.8 Å². The van der Waals surface area contributed by atoms with Gasteiger partial charge in [-0.05, 0) is 59.0 Å². The van der Waals surface area contributed by atoms with E-state index < -0.39 is 107 Å². The van der Waals surface area contributed by atoms with Gasteiger partial charge in [-0.1, -0.05) is 30.3 Å². The van der Waals surface area contributed by atoms with Crippen molar-refractivity contribution in [1.29, 1.82) is 0 Å². The smallest absolute Gasteiger partial charge is 0.339 e. The molecular formula is C30H20ClN7O13S3. The normalized spacial score (nSPS) is 15.0. The van der Waals surface area contributed by atoms with Crippen LogP contribution in [-0.2, 0) is 30.4 Å². The third kappa shape index (κ3) is 7.67. The third-order valence-corrected chi connectivity index (χ3v) is 10.3. The second-order valence-corrected chi connectivity index (χ2v) is 15.5. The lowest BCUT2D eigenvalue weighted by atomic mass is 9.93. The van der Waals surface area contributed by atoms with Crippen LogP contribution in [0.3, 0.4) is 0 Å². The summed E-state index contributed by atoms with van der Waals surface area (Å²) in [6.45, 7) is 0. The number of benzene rings is 4. The number of aromatic hydroxyl groups is 1. The van der Waals surface area contributed by atoms with Crippen LogP contribution >= 0.6 is 11.6 Å². The first-order valence-electron chi connectivity index (χ1n) is 14.5. The van der Waals surface area contributed by atoms with Gasteiger partial charge >= 0.3 is 5.97 Å². The van der Waals surface area contributed by atoms with E-state index in [4.69, 9.17) is 16.7 Å². The summed E-state index contributed by atoms with van der Waals surface area (Å²) in [6, 6.07) is 13.3. The van der Waals surface area contributed by atoms with Crippen molar-refractivity contribution in [2.45, 2.75) is 9.79 Å². The Labute approximate surface area is 306 Å². The Bertz CT molecular complexity index is 3030. The van der Waals surface area contributed by atoms with Gasteiger partial charge in [-0.15, -0.1) is 0 Å². The number of rotatable bonds is 8. The zero-order valence-electron chi connectivity index (χ0n) is 26.3. The Morgan fingerprint density at radius 1 is 0.852 bits per heavy atom. The number of nitrogens with one attached hydrogen (secondary N) is 3. The number of halogens is 1. The van der Waals surface area contributed by atoms with E-state index in [9.17, 15) is 53.6 Å². The Morgan fingerprint density at radius 2 is 1.57 bits per heavy atom. The highest BCUT2D eigenvalue weighted by atomic mass is 35.5. The molecule has 1 aliphatic carbocycles. The molecule has 0 aliphatic heterocycles. The maximum atomic E-state index is 14.1. The number of nitrogens with zero attached hydrogens (tertiary/aromatic N) is 4. The minimum absolute atomic E-state index is 0.0183. The molecule has 0 saturated carbocycles. The van der Waals surface area contributed by atoms with Crippen LogP contribution in [0.4, 0.5) is 17.1 Å². The van der Waals surface area contributed by atoms with Crippen molar-refractivity contribution in [3.05, 3.63) is 105 Å². The molecule has 0 bridgehead atoms. The summed E-state index contributed by atoms with van der Waals surface area (Å²) < 4.78 is 104. The number of carbonyl (C=O) groups excluding carboxylic acids is 1. The average molecular weight is 818 g/mol. The molecule has 5 aromatic rings. The van der Waals surface area contributed by atoms with Crippen LogP contribution in [0.25, 0.3) is 16.8 Å². The second-order valence-electron chi connectivity index (χ2n) is 11.0. The first kappa shape index (κ1) is 37.7. The number of hydrogen-bond acceptors (Lipinski definition) is 14. The lowest BCUT2D eigenvalue weighted by Crippen LogP contribution is -2.29. The molecule has 0 radical (unpaired) electrons. The summed E-state index contributed by atoms with van der Waals surface area (Å²) in [7, 11) is -15.4. The standard InChI is InChI=1S/C30H20ClN7O13S3/c31-28-34-29(32-15-6-7-18(27(41)42)21(39)11-15)36-30(35-28)33-20-12-16(52(43,44)45)9-14-10-22(53(46,47)48)24(25(40)23(14)20)38-37-19-8-5-13-3-1-2-4-17(13)26(19)54(49,50)51/h1-12,37,39H,(H,41,42)(H,43,44,45)(H,46,47,48)(H,49,50,51)(H2,32,33,34,35,36)/b38-24+. The quantitative estimate of drug-likeness (QED) is 0.0824. The maximum Gasteiger partial charge on any atom is 0.339 e. The molecule has 54 heavy (non-hydrogen) atoms. The van der Waals surface area contributed by atoms with Crippen LogP contribution in [0, 0.1) is 0 Å². The van der Waals surface area contributed by atoms with Crippen LogP contribution in [0.2, 0.25) is 5.28 Å². The molecule has 1 aliphatic rings. The molecule has 278 valence electrons. The highest BCUT2D eigenvalue weighted by molar-refractivity contribution is 7.91. The average Bonchev–Trinajstić information content (AvgIpc) is 3.05. The van der Waals surface area contributed by atoms with Crippen LogP contribution in [0.15, 0.2) is 96.5 Å². The molecule has 0 fully saturated rings. The molecule has 1 heterocycles. The number of anilines is 1. The van der Waals surface area contributed by atoms with Gasteiger partial charge in [0.2, 0.25) is 22.3 Å². The van der Waals surface area contributed by atoms with Gasteiger partial charge in [0, 0.05) is 11.5 Å². The first-order chi connectivity index (χ1) is 25.2. The minimum atomic E-state index is -5.34. The number of aromatic amines is 2. The number of aromatic nitrogens is 3. The van der Waals surface area contributed by atoms with E-state index in [0.29, 0.717) is 17.5 Å². The Morgan fingerprint density at radius 3 is 2.22 bits per heavy atom. The van der Waals surface area contributed by atoms with Gasteiger partial charge in [0.15, 0.2) is 5.71 Å². The lowest BCUT2D eigenvalue weighted by Gasteiger charge is -2.19. The number of carboxylic acids is 1. The van der Waals surface area contributed by atoms with Gasteiger partial charge in [0.1, 0.15) is 21.1 Å². The third-order valence-electron chi connectivity index (χ3n) is 7.42. The Hall–Kier alpha value is -6.08. The number of carbonyl (C=O) groups is 2. The Kier molecular flexibility index (Phi) is 9.57. The van der Waals surface area contributed by atoms with E-state index in [-0.39, 0.29) is 16.7 Å². The second kappa shape index (κ2) is 13.7. The van der Waals surface area contributed by atoms with E-state index in [1.807, 2.05) is 0 Å². The number of fused-ring (bicyclic) bond motifs is 2. The van der Waals surface area contributed by atoms with Crippen molar-refractivity contribution < 1.29 is 58.7 Å². The Balaban J connectivity index is 1.56. The van der Waals surface area contributed by atoms with Gasteiger partial charge in [-0.3, -0.25) is 28.9 Å². The molecule has 0 amide bonds. The zero-order valence-corrected chi connectivity index (χ0v) is 29.5. The molecule has 6 rings (SSSR count). The van der Waals surface area contributed by atoms with Gasteiger partial charge < -0.3 is 15.2 Å². The minimum Gasteiger partial charge on any atom is -0.507 e. The molecule has 0 unspecified atom stereocenters. The maximum absolute atomic E-state index is 14.1. The van der Waals surface area contributed by atoms with Crippen LogP contribution < -0.4 is 16.7 Å². The predicted octanol–water partition coefficient (Wildman–Crippen LogP) is 2.80. The van der Waals surface area contributed by atoms with E-state index in [1.54, 1.807) is 6.07 Å². The molecular weight excluding hydrogens is 798 g/mol. The summed E-state index contributed by atoms with van der Waals surface area (Å²) >= 11 is 6.10. The monoisotopic (exact) mass is 817 g/mol. The van der Waals surface area contributed by atoms with Crippen molar-refractivity contribution in [2.24, 2.45) is 15.1 Å². The fourth-order valence-electron chi connectivity index (χ4n) is 5.19. The van der Waals surface area contributed by atoms with E-state index in [1.165, 1.54) is 30.3 Å². The van der Waals surface area contributed by atoms with Crippen LogP contribution in [-0.4, -0.2) is 81.5 Å². The van der Waals surface area contributed by atoms with Crippen molar-refractivity contribution in [3.63, 3.8) is 0 Å². The molecule has 8 N–H and O–H groups in total. The summed E-state index contributed by atoms with van der Waals surface area (Å²) in [5.41, 5.74) is -1.99. The van der Waals surface area contributed by atoms with E-state index >= 15 is 0 Å². The number of aromatic carboxylic acids is 1. The topological polar surface area (TPSA) is 331 Å². The van der Waals surface area contributed by atoms with Crippen molar-refractivity contribution in [2.75, 3.05) is 5.43 Å². The van der Waals surface area contributed by atoms with Crippen molar-refractivity contribution in [1.82, 2.24) is 15.0 Å². The number of phenols is 1. The van der Waals surface area contributed by atoms with Crippen molar-refractivity contribution in [3.8, 4) is 5.75 Å². The first-order valence-corrected chi connectivity index (χ1v) is 19.1. The number of Topliss-reactive ketones (excluding diaryl/α,β-unsaturated/α-hetero) is 1. The molecule has 20 nitrogen and oxygen atoms in total. The number of hydrogen-bond donors (Lipinski definition) is 8. The lowest BCUT2D eigenvalue weighted by molar-refractivity contribution is 0.0693. The van der Waals surface area contributed by atoms with Crippen LogP contribution in [0.5, 0.6) is 5.75 Å². The number of ketones is 1. The molecule has 1 aromatic heterocycles. The highest BCUT2D eigenvalue weighted by Gasteiger charge is 2.36. The highest BCUT2D eigenvalue weighted by Crippen LogP contribution is 2.36. The summed E-state index contributed by atoms with van der Waals surface area (Å²) in [4.78, 5) is 39.8. The molecule has 0 spiro atoms. The van der Waals surface area contributed by atoms with Gasteiger partial charge in [-0.2, -0.15) is 35.3 Å². The molecule has 0 atom stereocenters. The molecule has 0 saturated heterocycles. The number of hydrazone groups is 1. The fraction of sp³-hybridized carbons (Fsp3) is 0. The molecule has 4 aromatic carbocycles. The van der Waals surface area contributed by atoms with E-state index in [0.717, 1.165) is 24.3 Å². The summed E-state index contributed by atoms with van der Waals surface area (Å²) in [5, 5.41) is 23.0. The SMILES string of the molecule is O=C(O)c1ccc(N=c2nc(Cl)[nH]c(=Nc3cc(S(=O)(=O)O)cc4c3C(=O)/C(=N/Nc3ccc5ccccc5c3S(=O)(=O)O)C(S(=O)(=O)O)=C4)[nH]2)cc1O. The number of allylic oxidation sites excluding steroid dienone is 1. The van der Waals surface area contributed by atoms with Crippen molar-refractivity contribution >= 4 is 93.3 Å². The number of H-pyrrole nitrogens is 2. The zero-order chi connectivity index (χ0) is 39.3. The fourth-order valence-corrected chi connectivity index (χ4v) is 7.41. The largest absolute Gasteiger partial charge is 0.507 e. The van der Waals surface area contributed by atoms with Gasteiger partial charge in [0.05, 0.1) is 27.5 Å². The number of carboxylic acid groups (broad SMARTS) is 1. The summed E-state index contributed by atoms with van der Waals surface area (Å²) in [5.74, 6) is -3.36. The molecule has 24 heteroatoms. The predicted molar refractivity (Wildman–Crippen MR) is 188 cm³/mol. The summed E-state index contributed by atoms with van der Waals surface area (Å²) in [6.07, 6.45) is 0.644. The van der Waals surface area contributed by atoms with Gasteiger partial charge in [0.25, 0.3) is 30.4 Å². The van der Waals surface area contributed by atoms with E-state index in [2.05, 4.69) is 35.5 Å².